The van der Waals surface area contributed by atoms with Gasteiger partial charge in [-0.2, -0.15) is 0 Å². The zero-order valence-corrected chi connectivity index (χ0v) is 11.8. The number of hydrogen-bond donors (Lipinski definition) is 2. The summed E-state index contributed by atoms with van der Waals surface area (Å²) < 4.78 is 27.1. The molecule has 1 aromatic carbocycles. The van der Waals surface area contributed by atoms with E-state index in [0.29, 0.717) is 6.42 Å². The molecule has 0 heterocycles. The van der Waals surface area contributed by atoms with Gasteiger partial charge < -0.3 is 5.11 Å². The van der Waals surface area contributed by atoms with Crippen LogP contribution in [-0.2, 0) is 10.0 Å². The first kappa shape index (κ1) is 13.9. The van der Waals surface area contributed by atoms with E-state index < -0.39 is 16.1 Å². The molecule has 1 unspecified atom stereocenters. The van der Waals surface area contributed by atoms with Gasteiger partial charge in [0.25, 0.3) is 0 Å². The van der Waals surface area contributed by atoms with Crippen molar-refractivity contribution >= 4 is 32.6 Å². The van der Waals surface area contributed by atoms with Crippen LogP contribution in [0, 0.1) is 3.57 Å². The maximum Gasteiger partial charge on any atom is 0.240 e. The first-order valence-electron chi connectivity index (χ1n) is 4.88. The average Bonchev–Trinajstić information content (AvgIpc) is 2.26. The minimum absolute atomic E-state index is 0.194. The van der Waals surface area contributed by atoms with Crippen LogP contribution in [0.25, 0.3) is 0 Å². The minimum atomic E-state index is -3.51. The van der Waals surface area contributed by atoms with Crippen molar-refractivity contribution in [2.24, 2.45) is 0 Å². The number of aliphatic hydroxyl groups is 1. The van der Waals surface area contributed by atoms with Gasteiger partial charge in [-0.05, 0) is 53.3 Å². The first-order chi connectivity index (χ1) is 7.49. The molecular formula is C10H14INO3S. The number of hydrogen-bond acceptors (Lipinski definition) is 3. The Bertz CT molecular complexity index is 426. The molecule has 0 bridgehead atoms. The molecule has 0 aliphatic carbocycles. The van der Waals surface area contributed by atoms with Crippen molar-refractivity contribution in [1.29, 1.82) is 0 Å². The predicted octanol–water partition coefficient (Wildman–Crippen LogP) is 1.34. The van der Waals surface area contributed by atoms with Crippen LogP contribution in [0.2, 0.25) is 0 Å². The second-order valence-electron chi connectivity index (χ2n) is 3.36. The average molecular weight is 355 g/mol. The van der Waals surface area contributed by atoms with E-state index in [1.807, 2.05) is 6.92 Å². The van der Waals surface area contributed by atoms with Gasteiger partial charge in [-0.15, -0.1) is 0 Å². The zero-order chi connectivity index (χ0) is 12.2. The lowest BCUT2D eigenvalue weighted by atomic mass is 10.3. The molecule has 0 fully saturated rings. The predicted molar refractivity (Wildman–Crippen MR) is 70.6 cm³/mol. The Kier molecular flexibility index (Phi) is 5.16. The third-order valence-corrected chi connectivity index (χ3v) is 4.41. The van der Waals surface area contributed by atoms with Crippen LogP contribution in [0.1, 0.15) is 13.3 Å². The van der Waals surface area contributed by atoms with Crippen LogP contribution >= 0.6 is 22.6 Å². The smallest absolute Gasteiger partial charge is 0.240 e. The van der Waals surface area contributed by atoms with Crippen LogP contribution in [0.5, 0.6) is 0 Å². The van der Waals surface area contributed by atoms with Crippen LogP contribution in [0.4, 0.5) is 0 Å². The van der Waals surface area contributed by atoms with E-state index in [1.54, 1.807) is 24.3 Å². The quantitative estimate of drug-likeness (QED) is 0.784. The minimum Gasteiger partial charge on any atom is -0.395 e. The highest BCUT2D eigenvalue weighted by molar-refractivity contribution is 14.1. The molecule has 0 amide bonds. The lowest BCUT2D eigenvalue weighted by Crippen LogP contribution is -2.36. The highest BCUT2D eigenvalue weighted by Gasteiger charge is 2.17. The number of halogens is 1. The fourth-order valence-electron chi connectivity index (χ4n) is 1.15. The number of sulfonamides is 1. The van der Waals surface area contributed by atoms with Gasteiger partial charge >= 0.3 is 0 Å². The SMILES string of the molecule is CCC(CO)NS(=O)(=O)c1ccc(I)cc1. The fourth-order valence-corrected chi connectivity index (χ4v) is 2.82. The summed E-state index contributed by atoms with van der Waals surface area (Å²) in [5.74, 6) is 0. The Balaban J connectivity index is 2.89. The van der Waals surface area contributed by atoms with Crippen molar-refractivity contribution < 1.29 is 13.5 Å². The Labute approximate surface area is 109 Å². The number of nitrogens with one attached hydrogen (secondary N) is 1. The third-order valence-electron chi connectivity index (χ3n) is 2.16. The summed E-state index contributed by atoms with van der Waals surface area (Å²) in [7, 11) is -3.51. The molecule has 0 radical (unpaired) electrons. The maximum atomic E-state index is 11.8. The molecule has 16 heavy (non-hydrogen) atoms. The largest absolute Gasteiger partial charge is 0.395 e. The summed E-state index contributed by atoms with van der Waals surface area (Å²) in [4.78, 5) is 0.222. The monoisotopic (exact) mass is 355 g/mol. The van der Waals surface area contributed by atoms with Crippen molar-refractivity contribution in [3.05, 3.63) is 27.8 Å². The van der Waals surface area contributed by atoms with E-state index in [0.717, 1.165) is 3.57 Å². The van der Waals surface area contributed by atoms with Crippen LogP contribution in [-0.4, -0.2) is 26.2 Å². The summed E-state index contributed by atoms with van der Waals surface area (Å²) in [5.41, 5.74) is 0. The molecule has 1 rings (SSSR count). The normalized spacial score (nSPS) is 13.7. The zero-order valence-electron chi connectivity index (χ0n) is 8.85. The van der Waals surface area contributed by atoms with Crippen molar-refractivity contribution in [1.82, 2.24) is 4.72 Å². The van der Waals surface area contributed by atoms with Crippen LogP contribution in [0.3, 0.4) is 0 Å². The van der Waals surface area contributed by atoms with Gasteiger partial charge in [-0.1, -0.05) is 6.92 Å². The number of rotatable bonds is 5. The highest BCUT2D eigenvalue weighted by Crippen LogP contribution is 2.12. The van der Waals surface area contributed by atoms with Crippen molar-refractivity contribution in [3.63, 3.8) is 0 Å². The van der Waals surface area contributed by atoms with Gasteiger partial charge in [0.15, 0.2) is 0 Å². The van der Waals surface area contributed by atoms with E-state index in [9.17, 15) is 8.42 Å². The third kappa shape index (κ3) is 3.69. The molecule has 0 aromatic heterocycles. The topological polar surface area (TPSA) is 66.4 Å². The highest BCUT2D eigenvalue weighted by atomic mass is 127. The summed E-state index contributed by atoms with van der Waals surface area (Å²) >= 11 is 2.11. The molecule has 0 aliphatic rings. The van der Waals surface area contributed by atoms with E-state index >= 15 is 0 Å². The van der Waals surface area contributed by atoms with E-state index in [4.69, 9.17) is 5.11 Å². The molecule has 0 aliphatic heterocycles. The molecular weight excluding hydrogens is 341 g/mol. The Morgan fingerprint density at radius 2 is 1.94 bits per heavy atom. The second-order valence-corrected chi connectivity index (χ2v) is 6.32. The van der Waals surface area contributed by atoms with E-state index in [2.05, 4.69) is 27.3 Å². The van der Waals surface area contributed by atoms with E-state index in [-0.39, 0.29) is 11.5 Å². The Hall–Kier alpha value is -0.180. The summed E-state index contributed by atoms with van der Waals surface area (Å²) in [6.07, 6.45) is 0.556. The van der Waals surface area contributed by atoms with Crippen molar-refractivity contribution in [2.45, 2.75) is 24.3 Å². The van der Waals surface area contributed by atoms with Crippen molar-refractivity contribution in [3.8, 4) is 0 Å². The molecule has 0 saturated carbocycles. The molecule has 2 N–H and O–H groups in total. The number of aliphatic hydroxyl groups excluding tert-OH is 1. The molecule has 6 heteroatoms. The summed E-state index contributed by atoms with van der Waals surface area (Å²) in [5, 5.41) is 8.95. The maximum absolute atomic E-state index is 11.8. The lowest BCUT2D eigenvalue weighted by molar-refractivity contribution is 0.254. The van der Waals surface area contributed by atoms with Gasteiger partial charge in [0.05, 0.1) is 11.5 Å². The van der Waals surface area contributed by atoms with E-state index in [1.165, 1.54) is 0 Å². The lowest BCUT2D eigenvalue weighted by Gasteiger charge is -2.14. The standard InChI is InChI=1S/C10H14INO3S/c1-2-9(7-13)12-16(14,15)10-5-3-8(11)4-6-10/h3-6,9,12-13H,2,7H2,1H3. The Morgan fingerprint density at radius 1 is 1.38 bits per heavy atom. The molecule has 4 nitrogen and oxygen atoms in total. The molecule has 90 valence electrons. The van der Waals surface area contributed by atoms with Gasteiger partial charge in [0.1, 0.15) is 0 Å². The van der Waals surface area contributed by atoms with Gasteiger partial charge in [-0.3, -0.25) is 0 Å². The molecule has 1 atom stereocenters. The Morgan fingerprint density at radius 3 is 2.38 bits per heavy atom. The fraction of sp³-hybridized carbons (Fsp3) is 0.400. The molecule has 1 aromatic rings. The summed E-state index contributed by atoms with van der Waals surface area (Å²) in [6, 6.07) is 6.14. The second kappa shape index (κ2) is 5.95. The van der Waals surface area contributed by atoms with Gasteiger partial charge in [0.2, 0.25) is 10.0 Å². The van der Waals surface area contributed by atoms with Crippen molar-refractivity contribution in [2.75, 3.05) is 6.61 Å². The van der Waals surface area contributed by atoms with Crippen LogP contribution < -0.4 is 4.72 Å². The first-order valence-corrected chi connectivity index (χ1v) is 7.44. The van der Waals surface area contributed by atoms with Gasteiger partial charge in [-0.25, -0.2) is 13.1 Å². The number of benzene rings is 1. The molecule has 0 spiro atoms. The summed E-state index contributed by atoms with van der Waals surface area (Å²) in [6.45, 7) is 1.62. The van der Waals surface area contributed by atoms with Gasteiger partial charge in [0, 0.05) is 9.61 Å². The van der Waals surface area contributed by atoms with Crippen LogP contribution in [0.15, 0.2) is 29.2 Å². The molecule has 0 saturated heterocycles.